The number of piperidine rings is 1. The maximum Gasteiger partial charge on any atom is 0.255 e. The van der Waals surface area contributed by atoms with Gasteiger partial charge in [-0.25, -0.2) is 23.1 Å². The van der Waals surface area contributed by atoms with E-state index in [0.717, 1.165) is 31.0 Å². The Hall–Kier alpha value is -3.73. The van der Waals surface area contributed by atoms with Crippen LogP contribution in [0.4, 0.5) is 5.82 Å². The molecule has 0 aliphatic carbocycles. The van der Waals surface area contributed by atoms with Crippen molar-refractivity contribution in [3.63, 3.8) is 0 Å². The number of sulfone groups is 1. The predicted octanol–water partition coefficient (Wildman–Crippen LogP) is 2.86. The molecule has 3 aromatic rings. The van der Waals surface area contributed by atoms with E-state index in [2.05, 4.69) is 27.0 Å². The molecule has 4 rings (SSSR count). The van der Waals surface area contributed by atoms with E-state index >= 15 is 0 Å². The molecular formula is C24H29N7O3S. The van der Waals surface area contributed by atoms with Crippen LogP contribution in [0.15, 0.2) is 60.7 Å². The summed E-state index contributed by atoms with van der Waals surface area (Å²) in [6, 6.07) is 1.87. The average Bonchev–Trinajstić information content (AvgIpc) is 3.46. The highest BCUT2D eigenvalue weighted by Crippen LogP contribution is 2.24. The Morgan fingerprint density at radius 2 is 2.09 bits per heavy atom. The molecule has 0 radical (unpaired) electrons. The third kappa shape index (κ3) is 5.35. The molecule has 10 nitrogen and oxygen atoms in total. The van der Waals surface area contributed by atoms with Crippen LogP contribution < -0.4 is 5.32 Å². The lowest BCUT2D eigenvalue weighted by atomic mass is 10.0. The van der Waals surface area contributed by atoms with E-state index in [9.17, 15) is 13.2 Å². The van der Waals surface area contributed by atoms with Gasteiger partial charge in [-0.2, -0.15) is 5.10 Å². The Kier molecular flexibility index (Phi) is 6.88. The first-order valence-corrected chi connectivity index (χ1v) is 13.2. The number of hydrogen-bond donors (Lipinski definition) is 1. The Morgan fingerprint density at radius 1 is 1.29 bits per heavy atom. The summed E-state index contributed by atoms with van der Waals surface area (Å²) < 4.78 is 26.8. The lowest BCUT2D eigenvalue weighted by molar-refractivity contribution is 0.0714. The number of anilines is 1. The zero-order valence-electron chi connectivity index (χ0n) is 20.0. The molecule has 1 fully saturated rings. The number of allylic oxidation sites excluding steroid dienone is 4. The highest BCUT2D eigenvalue weighted by atomic mass is 32.2. The molecule has 0 spiro atoms. The summed E-state index contributed by atoms with van der Waals surface area (Å²) in [5, 5.41) is 8.66. The van der Waals surface area contributed by atoms with Gasteiger partial charge in [0.05, 0.1) is 27.7 Å². The van der Waals surface area contributed by atoms with Gasteiger partial charge in [-0.15, -0.1) is 0 Å². The van der Waals surface area contributed by atoms with Gasteiger partial charge in [0, 0.05) is 44.8 Å². The largest absolute Gasteiger partial charge is 0.365 e. The maximum atomic E-state index is 12.9. The van der Waals surface area contributed by atoms with E-state index in [1.54, 1.807) is 17.0 Å². The summed E-state index contributed by atoms with van der Waals surface area (Å²) in [6.45, 7) is 6.72. The molecule has 1 atom stereocenters. The maximum absolute atomic E-state index is 12.9. The molecule has 35 heavy (non-hydrogen) atoms. The number of nitrogens with one attached hydrogen (secondary N) is 1. The summed E-state index contributed by atoms with van der Waals surface area (Å²) in [5.41, 5.74) is 1.91. The van der Waals surface area contributed by atoms with Crippen LogP contribution in [-0.2, 0) is 16.9 Å². The third-order valence-corrected chi connectivity index (χ3v) is 7.04. The van der Waals surface area contributed by atoms with Crippen LogP contribution in [0.3, 0.4) is 0 Å². The van der Waals surface area contributed by atoms with Gasteiger partial charge in [-0.3, -0.25) is 4.79 Å². The molecule has 1 amide bonds. The molecule has 1 saturated heterocycles. The number of nitrogens with zero attached hydrogens (tertiary/aromatic N) is 6. The SMILES string of the molecule is C=C(/C=C\C(=C/C)n1ncc2c(NC3CCCN(C(=O)c4ccn(C)c4)C3)ncnc21)S(C)(=O)=O. The number of hydrogen-bond acceptors (Lipinski definition) is 7. The molecular weight excluding hydrogens is 466 g/mol. The molecule has 1 aliphatic rings. The van der Waals surface area contributed by atoms with Crippen molar-refractivity contribution in [3.05, 3.63) is 66.3 Å². The topological polar surface area (TPSA) is 115 Å². The van der Waals surface area contributed by atoms with Gasteiger partial charge < -0.3 is 14.8 Å². The Morgan fingerprint density at radius 3 is 2.77 bits per heavy atom. The zero-order chi connectivity index (χ0) is 25.2. The van der Waals surface area contributed by atoms with E-state index in [1.807, 2.05) is 48.0 Å². The number of likely N-dealkylation sites (tertiary alicyclic amines) is 1. The fourth-order valence-electron chi connectivity index (χ4n) is 4.02. The molecule has 184 valence electrons. The second kappa shape index (κ2) is 9.87. The minimum Gasteiger partial charge on any atom is -0.365 e. The van der Waals surface area contributed by atoms with Crippen molar-refractivity contribution in [2.75, 3.05) is 24.7 Å². The predicted molar refractivity (Wildman–Crippen MR) is 136 cm³/mol. The number of aromatic nitrogens is 5. The van der Waals surface area contributed by atoms with Crippen molar-refractivity contribution >= 4 is 38.3 Å². The first-order valence-electron chi connectivity index (χ1n) is 11.3. The minimum absolute atomic E-state index is 0.0113. The normalized spacial score (nSPS) is 17.3. The van der Waals surface area contributed by atoms with E-state index < -0.39 is 9.84 Å². The van der Waals surface area contributed by atoms with E-state index in [1.165, 1.54) is 12.4 Å². The zero-order valence-corrected chi connectivity index (χ0v) is 20.9. The molecule has 1 aliphatic heterocycles. The number of rotatable bonds is 7. The van der Waals surface area contributed by atoms with Crippen molar-refractivity contribution in [1.29, 1.82) is 0 Å². The molecule has 1 N–H and O–H groups in total. The van der Waals surface area contributed by atoms with Crippen molar-refractivity contribution in [3.8, 4) is 0 Å². The Balaban J connectivity index is 1.53. The van der Waals surface area contributed by atoms with Gasteiger partial charge in [-0.05, 0) is 38.0 Å². The third-order valence-electron chi connectivity index (χ3n) is 5.95. The van der Waals surface area contributed by atoms with Gasteiger partial charge in [0.25, 0.3) is 5.91 Å². The molecule has 0 saturated carbocycles. The Labute approximate surface area is 204 Å². The van der Waals surface area contributed by atoms with Gasteiger partial charge in [0.2, 0.25) is 0 Å². The first-order chi connectivity index (χ1) is 16.7. The van der Waals surface area contributed by atoms with E-state index in [4.69, 9.17) is 0 Å². The fraction of sp³-hybridized carbons (Fsp3) is 0.333. The van der Waals surface area contributed by atoms with Crippen LogP contribution in [0.5, 0.6) is 0 Å². The number of amides is 1. The van der Waals surface area contributed by atoms with Gasteiger partial charge in [-0.1, -0.05) is 12.7 Å². The lowest BCUT2D eigenvalue weighted by Gasteiger charge is -2.33. The summed E-state index contributed by atoms with van der Waals surface area (Å²) in [7, 11) is -1.47. The second-order valence-corrected chi connectivity index (χ2v) is 10.7. The number of carbonyl (C=O) groups is 1. The quantitative estimate of drug-likeness (QED) is 0.501. The number of fused-ring (bicyclic) bond motifs is 1. The molecule has 0 bridgehead atoms. The van der Waals surface area contributed by atoms with Crippen molar-refractivity contribution in [2.45, 2.75) is 25.8 Å². The van der Waals surface area contributed by atoms with Crippen LogP contribution in [0, 0.1) is 0 Å². The smallest absolute Gasteiger partial charge is 0.255 e. The Bertz CT molecular complexity index is 1430. The van der Waals surface area contributed by atoms with Crippen LogP contribution in [0.1, 0.15) is 30.1 Å². The monoisotopic (exact) mass is 495 g/mol. The van der Waals surface area contributed by atoms with Crippen LogP contribution in [0.25, 0.3) is 16.7 Å². The highest BCUT2D eigenvalue weighted by molar-refractivity contribution is 7.94. The summed E-state index contributed by atoms with van der Waals surface area (Å²) in [4.78, 5) is 23.6. The fourth-order valence-corrected chi connectivity index (χ4v) is 4.34. The standard InChI is InChI=1S/C24H29N7O3S/c1-5-20(9-8-17(2)35(4,33)34)31-23-21(13-27-31)22(25-16-26-23)28-19-7-6-11-30(15-19)24(32)18-10-12-29(3)14-18/h5,8-10,12-14,16,19H,2,6-7,11,15H2,1,3-4H3,(H,25,26,28)/b9-8-,20-5+. The van der Waals surface area contributed by atoms with E-state index in [0.29, 0.717) is 29.3 Å². The highest BCUT2D eigenvalue weighted by Gasteiger charge is 2.26. The van der Waals surface area contributed by atoms with Crippen molar-refractivity contribution in [2.24, 2.45) is 7.05 Å². The van der Waals surface area contributed by atoms with E-state index in [-0.39, 0.29) is 16.9 Å². The molecule has 0 aromatic carbocycles. The van der Waals surface area contributed by atoms with Gasteiger partial charge in [0.1, 0.15) is 12.1 Å². The van der Waals surface area contributed by atoms with Crippen LogP contribution in [0.2, 0.25) is 0 Å². The van der Waals surface area contributed by atoms with Gasteiger partial charge in [0.15, 0.2) is 15.5 Å². The minimum atomic E-state index is -3.37. The molecule has 11 heteroatoms. The summed E-state index contributed by atoms with van der Waals surface area (Å²) in [5.74, 6) is 0.665. The van der Waals surface area contributed by atoms with Crippen LogP contribution >= 0.6 is 0 Å². The number of aryl methyl sites for hydroxylation is 1. The van der Waals surface area contributed by atoms with Gasteiger partial charge >= 0.3 is 0 Å². The molecule has 1 unspecified atom stereocenters. The lowest BCUT2D eigenvalue weighted by Crippen LogP contribution is -2.45. The molecule has 3 aromatic heterocycles. The first kappa shape index (κ1) is 24.4. The van der Waals surface area contributed by atoms with Crippen molar-refractivity contribution < 1.29 is 13.2 Å². The summed E-state index contributed by atoms with van der Waals surface area (Å²) >= 11 is 0. The summed E-state index contributed by atoms with van der Waals surface area (Å²) in [6.07, 6.45) is 14.6. The van der Waals surface area contributed by atoms with Crippen molar-refractivity contribution in [1.82, 2.24) is 29.2 Å². The van der Waals surface area contributed by atoms with Crippen LogP contribution in [-0.4, -0.2) is 68.9 Å². The number of carbonyl (C=O) groups excluding carboxylic acids is 1. The second-order valence-electron chi connectivity index (χ2n) is 8.60. The molecule has 4 heterocycles. The average molecular weight is 496 g/mol.